The molecule has 0 saturated carbocycles. The van der Waals surface area contributed by atoms with Gasteiger partial charge in [0.2, 0.25) is 0 Å². The molecule has 0 spiro atoms. The maximum Gasteiger partial charge on any atom is 0.0702 e. The van der Waals surface area contributed by atoms with Crippen molar-refractivity contribution >= 4 is 11.6 Å². The second kappa shape index (κ2) is 6.01. The number of nitrogens with zero attached hydrogens (tertiary/aromatic N) is 2. The lowest BCUT2D eigenvalue weighted by Gasteiger charge is -2.35. The van der Waals surface area contributed by atoms with Crippen LogP contribution in [-0.2, 0) is 4.74 Å². The van der Waals surface area contributed by atoms with Crippen molar-refractivity contribution in [1.82, 2.24) is 9.80 Å². The number of rotatable bonds is 4. The van der Waals surface area contributed by atoms with E-state index in [1.807, 2.05) is 0 Å². The number of hydrogen-bond donors (Lipinski definition) is 0. The Hall–Kier alpha value is -0.0900. The molecule has 2 saturated heterocycles. The van der Waals surface area contributed by atoms with Crippen LogP contribution in [0.3, 0.4) is 0 Å². The molecule has 2 rings (SSSR count). The zero-order valence-electron chi connectivity index (χ0n) is 9.83. The Balaban J connectivity index is 1.66. The number of piperazine rings is 1. The highest BCUT2D eigenvalue weighted by molar-refractivity contribution is 6.29. The van der Waals surface area contributed by atoms with Gasteiger partial charge in [-0.3, -0.25) is 9.80 Å². The third-order valence-electron chi connectivity index (χ3n) is 3.35. The maximum absolute atomic E-state index is 5.82. The lowest BCUT2D eigenvalue weighted by atomic mass is 10.2. The molecule has 0 aromatic heterocycles. The topological polar surface area (TPSA) is 15.7 Å². The molecule has 3 nitrogen and oxygen atoms in total. The van der Waals surface area contributed by atoms with Crippen LogP contribution in [0.2, 0.25) is 0 Å². The van der Waals surface area contributed by atoms with Gasteiger partial charge in [0.25, 0.3) is 0 Å². The summed E-state index contributed by atoms with van der Waals surface area (Å²) in [5.74, 6) is 0. The van der Waals surface area contributed by atoms with Crippen molar-refractivity contribution in [3.05, 3.63) is 11.6 Å². The minimum atomic E-state index is 0.481. The third kappa shape index (κ3) is 3.74. The molecular weight excluding hydrogens is 224 g/mol. The van der Waals surface area contributed by atoms with E-state index in [0.29, 0.717) is 6.10 Å². The van der Waals surface area contributed by atoms with Gasteiger partial charge in [-0.1, -0.05) is 18.2 Å². The molecular formula is C12H21ClN2O. The molecule has 16 heavy (non-hydrogen) atoms. The number of ether oxygens (including phenoxy) is 1. The van der Waals surface area contributed by atoms with E-state index >= 15 is 0 Å². The van der Waals surface area contributed by atoms with Crippen LogP contribution in [0.15, 0.2) is 11.6 Å². The summed E-state index contributed by atoms with van der Waals surface area (Å²) >= 11 is 5.82. The Kier molecular flexibility index (Phi) is 4.65. The number of hydrogen-bond acceptors (Lipinski definition) is 3. The van der Waals surface area contributed by atoms with Gasteiger partial charge in [-0.25, -0.2) is 0 Å². The lowest BCUT2D eigenvalue weighted by molar-refractivity contribution is 0.0525. The standard InChI is InChI=1S/C12H21ClN2O/c1-11(13)9-14-4-6-15(7-5-14)10-12-3-2-8-16-12/h12H,1-10H2/t12-/m1/s1. The smallest absolute Gasteiger partial charge is 0.0702 e. The molecule has 0 N–H and O–H groups in total. The monoisotopic (exact) mass is 244 g/mol. The SMILES string of the molecule is C=C(Cl)CN1CCN(C[C@H]2CCCO2)CC1. The van der Waals surface area contributed by atoms with Gasteiger partial charge in [-0.05, 0) is 12.8 Å². The van der Waals surface area contributed by atoms with Crippen LogP contribution in [0.1, 0.15) is 12.8 Å². The van der Waals surface area contributed by atoms with Crippen LogP contribution in [-0.4, -0.2) is 61.8 Å². The predicted molar refractivity (Wildman–Crippen MR) is 66.8 cm³/mol. The molecule has 2 aliphatic rings. The van der Waals surface area contributed by atoms with Crippen molar-refractivity contribution in [3.8, 4) is 0 Å². The molecule has 0 aliphatic carbocycles. The van der Waals surface area contributed by atoms with Gasteiger partial charge in [-0.2, -0.15) is 0 Å². The van der Waals surface area contributed by atoms with Gasteiger partial charge in [-0.15, -0.1) is 0 Å². The Morgan fingerprint density at radius 2 is 1.94 bits per heavy atom. The van der Waals surface area contributed by atoms with Crippen molar-refractivity contribution in [3.63, 3.8) is 0 Å². The second-order valence-corrected chi connectivity index (χ2v) is 5.26. The van der Waals surface area contributed by atoms with Crippen molar-refractivity contribution in [1.29, 1.82) is 0 Å². The van der Waals surface area contributed by atoms with E-state index in [1.165, 1.54) is 12.8 Å². The van der Waals surface area contributed by atoms with Gasteiger partial charge in [0.15, 0.2) is 0 Å². The van der Waals surface area contributed by atoms with Gasteiger partial charge in [0.1, 0.15) is 0 Å². The fourth-order valence-corrected chi connectivity index (χ4v) is 2.62. The van der Waals surface area contributed by atoms with Crippen molar-refractivity contribution in [2.45, 2.75) is 18.9 Å². The molecule has 1 atom stereocenters. The molecule has 2 aliphatic heterocycles. The molecule has 4 heteroatoms. The zero-order valence-corrected chi connectivity index (χ0v) is 10.6. The molecule has 0 aromatic rings. The van der Waals surface area contributed by atoms with Crippen molar-refractivity contribution in [2.24, 2.45) is 0 Å². The summed E-state index contributed by atoms with van der Waals surface area (Å²) in [5.41, 5.74) is 0. The first-order valence-corrected chi connectivity index (χ1v) is 6.51. The molecule has 0 amide bonds. The van der Waals surface area contributed by atoms with Crippen LogP contribution < -0.4 is 0 Å². The van der Waals surface area contributed by atoms with Crippen LogP contribution in [0.4, 0.5) is 0 Å². The van der Waals surface area contributed by atoms with E-state index in [-0.39, 0.29) is 0 Å². The molecule has 2 heterocycles. The Labute approximate surface area is 103 Å². The van der Waals surface area contributed by atoms with Gasteiger partial charge in [0.05, 0.1) is 6.10 Å². The highest BCUT2D eigenvalue weighted by atomic mass is 35.5. The second-order valence-electron chi connectivity index (χ2n) is 4.73. The lowest BCUT2D eigenvalue weighted by Crippen LogP contribution is -2.48. The summed E-state index contributed by atoms with van der Waals surface area (Å²) in [6.45, 7) is 11.1. The summed E-state index contributed by atoms with van der Waals surface area (Å²) in [4.78, 5) is 4.87. The van der Waals surface area contributed by atoms with Gasteiger partial charge < -0.3 is 4.74 Å². The van der Waals surface area contributed by atoms with E-state index in [9.17, 15) is 0 Å². The van der Waals surface area contributed by atoms with E-state index in [1.54, 1.807) is 0 Å². The fraction of sp³-hybridized carbons (Fsp3) is 0.833. The van der Waals surface area contributed by atoms with Crippen molar-refractivity contribution < 1.29 is 4.74 Å². The third-order valence-corrected chi connectivity index (χ3v) is 3.47. The van der Waals surface area contributed by atoms with E-state index < -0.39 is 0 Å². The van der Waals surface area contributed by atoms with Gasteiger partial charge >= 0.3 is 0 Å². The highest BCUT2D eigenvalue weighted by Gasteiger charge is 2.22. The Morgan fingerprint density at radius 1 is 1.25 bits per heavy atom. The van der Waals surface area contributed by atoms with E-state index in [2.05, 4.69) is 16.4 Å². The predicted octanol–water partition coefficient (Wildman–Crippen LogP) is 1.54. The molecule has 0 bridgehead atoms. The van der Waals surface area contributed by atoms with E-state index in [4.69, 9.17) is 16.3 Å². The summed E-state index contributed by atoms with van der Waals surface area (Å²) in [5, 5.41) is 0.743. The van der Waals surface area contributed by atoms with Crippen LogP contribution >= 0.6 is 11.6 Å². The van der Waals surface area contributed by atoms with Crippen LogP contribution in [0, 0.1) is 0 Å². The molecule has 0 aromatic carbocycles. The minimum Gasteiger partial charge on any atom is -0.377 e. The quantitative estimate of drug-likeness (QED) is 0.746. The Morgan fingerprint density at radius 3 is 2.50 bits per heavy atom. The first kappa shape index (κ1) is 12.4. The number of halogens is 1. The molecule has 92 valence electrons. The summed E-state index contributed by atoms with van der Waals surface area (Å²) in [7, 11) is 0. The zero-order chi connectivity index (χ0) is 11.4. The normalized spacial score (nSPS) is 28.4. The summed E-state index contributed by atoms with van der Waals surface area (Å²) in [6, 6.07) is 0. The minimum absolute atomic E-state index is 0.481. The van der Waals surface area contributed by atoms with Crippen LogP contribution in [0.25, 0.3) is 0 Å². The Bertz CT molecular complexity index is 233. The molecule has 2 fully saturated rings. The van der Waals surface area contributed by atoms with E-state index in [0.717, 1.165) is 50.9 Å². The van der Waals surface area contributed by atoms with Crippen molar-refractivity contribution in [2.75, 3.05) is 45.9 Å². The maximum atomic E-state index is 5.82. The highest BCUT2D eigenvalue weighted by Crippen LogP contribution is 2.14. The fourth-order valence-electron chi connectivity index (χ4n) is 2.45. The molecule has 0 radical (unpaired) electrons. The van der Waals surface area contributed by atoms with Gasteiger partial charge in [0, 0.05) is 50.9 Å². The van der Waals surface area contributed by atoms with Crippen LogP contribution in [0.5, 0.6) is 0 Å². The largest absolute Gasteiger partial charge is 0.377 e. The molecule has 0 unspecified atom stereocenters. The first-order chi connectivity index (χ1) is 7.74. The first-order valence-electron chi connectivity index (χ1n) is 6.13. The average molecular weight is 245 g/mol. The average Bonchev–Trinajstić information content (AvgIpc) is 2.73. The summed E-state index contributed by atoms with van der Waals surface area (Å²) < 4.78 is 5.66. The summed E-state index contributed by atoms with van der Waals surface area (Å²) in [6.07, 6.45) is 2.95.